The summed E-state index contributed by atoms with van der Waals surface area (Å²) in [5, 5.41) is 10.1. The number of thiophene rings is 1. The number of fused-ring (bicyclic) bond motifs is 4. The van der Waals surface area contributed by atoms with Crippen molar-refractivity contribution in [3.8, 4) is 11.5 Å². The second-order valence-electron chi connectivity index (χ2n) is 8.52. The summed E-state index contributed by atoms with van der Waals surface area (Å²) in [4.78, 5) is 5.66. The lowest BCUT2D eigenvalue weighted by molar-refractivity contribution is 0.159. The summed E-state index contributed by atoms with van der Waals surface area (Å²) in [6, 6.07) is 6.78. The number of ether oxygens (including phenoxy) is 1. The van der Waals surface area contributed by atoms with Crippen LogP contribution in [0.15, 0.2) is 18.2 Å². The molecule has 0 fully saturated rings. The predicted molar refractivity (Wildman–Crippen MR) is 103 cm³/mol. The van der Waals surface area contributed by atoms with Crippen LogP contribution in [0.1, 0.15) is 53.3 Å². The maximum atomic E-state index is 10.1. The first-order chi connectivity index (χ1) is 11.9. The Morgan fingerprint density at radius 3 is 2.84 bits per heavy atom. The zero-order chi connectivity index (χ0) is 17.8. The molecule has 4 rings (SSSR count). The van der Waals surface area contributed by atoms with Gasteiger partial charge in [-0.15, -0.1) is 11.3 Å². The van der Waals surface area contributed by atoms with Crippen LogP contribution in [0.25, 0.3) is 0 Å². The molecule has 0 bridgehead atoms. The number of hydrogen-bond acceptors (Lipinski definition) is 4. The summed E-state index contributed by atoms with van der Waals surface area (Å²) in [6.45, 7) is 8.89. The molecule has 0 saturated carbocycles. The van der Waals surface area contributed by atoms with Crippen molar-refractivity contribution in [2.24, 2.45) is 5.41 Å². The maximum absolute atomic E-state index is 10.1. The number of phenols is 1. The second-order valence-corrected chi connectivity index (χ2v) is 9.75. The first-order valence-corrected chi connectivity index (χ1v) is 9.90. The Labute approximate surface area is 154 Å². The fourth-order valence-corrected chi connectivity index (χ4v) is 5.79. The molecular weight excluding hydrogens is 330 g/mol. The van der Waals surface area contributed by atoms with E-state index >= 15 is 0 Å². The van der Waals surface area contributed by atoms with E-state index in [1.807, 2.05) is 11.3 Å². The van der Waals surface area contributed by atoms with E-state index in [0.717, 1.165) is 37.9 Å². The molecule has 134 valence electrons. The van der Waals surface area contributed by atoms with Gasteiger partial charge in [-0.3, -0.25) is 4.90 Å². The quantitative estimate of drug-likeness (QED) is 0.845. The average molecular weight is 358 g/mol. The van der Waals surface area contributed by atoms with E-state index in [-0.39, 0.29) is 5.75 Å². The number of aromatic hydroxyl groups is 1. The molecule has 0 amide bonds. The Morgan fingerprint density at radius 2 is 2.12 bits per heavy atom. The van der Waals surface area contributed by atoms with Crippen LogP contribution in [-0.4, -0.2) is 23.7 Å². The molecule has 2 aromatic rings. The summed E-state index contributed by atoms with van der Waals surface area (Å²) >= 11 is 2.02. The van der Waals surface area contributed by atoms with Gasteiger partial charge in [0.25, 0.3) is 0 Å². The van der Waals surface area contributed by atoms with Crippen molar-refractivity contribution in [1.82, 2.24) is 4.90 Å². The van der Waals surface area contributed by atoms with Crippen LogP contribution in [0.3, 0.4) is 0 Å². The molecule has 1 unspecified atom stereocenters. The average Bonchev–Trinajstić information content (AvgIpc) is 2.94. The molecule has 3 nitrogen and oxygen atoms in total. The summed E-state index contributed by atoms with van der Waals surface area (Å²) in [5.74, 6) is 0.904. The van der Waals surface area contributed by atoms with Gasteiger partial charge in [0.05, 0.1) is 7.11 Å². The molecule has 0 saturated heterocycles. The van der Waals surface area contributed by atoms with E-state index in [0.29, 0.717) is 17.2 Å². The van der Waals surface area contributed by atoms with Gasteiger partial charge in [-0.2, -0.15) is 0 Å². The van der Waals surface area contributed by atoms with Crippen molar-refractivity contribution in [1.29, 1.82) is 0 Å². The maximum Gasteiger partial charge on any atom is 0.165 e. The zero-order valence-corrected chi connectivity index (χ0v) is 16.4. The Kier molecular flexibility index (Phi) is 4.08. The molecule has 0 radical (unpaired) electrons. The van der Waals surface area contributed by atoms with Gasteiger partial charge in [-0.05, 0) is 47.9 Å². The fraction of sp³-hybridized carbons (Fsp3) is 0.524. The number of phenolic OH excluding ortho intramolecular Hbond substituents is 1. The van der Waals surface area contributed by atoms with Crippen molar-refractivity contribution in [3.05, 3.63) is 44.6 Å². The second kappa shape index (κ2) is 6.03. The van der Waals surface area contributed by atoms with Gasteiger partial charge < -0.3 is 9.84 Å². The van der Waals surface area contributed by atoms with Crippen molar-refractivity contribution in [2.75, 3.05) is 13.7 Å². The van der Waals surface area contributed by atoms with Crippen LogP contribution in [0, 0.1) is 5.41 Å². The van der Waals surface area contributed by atoms with Crippen molar-refractivity contribution >= 4 is 11.3 Å². The molecule has 1 atom stereocenters. The standard InChI is InChI=1S/C21H27NO2S/c1-21(2,3)11-14-10-15-17-9-13-5-6-18(23)20(24-4)16(13)12-22(17)8-7-19(15)25-14/h5-6,10,17,23H,7-9,11-12H2,1-4H3. The highest BCUT2D eigenvalue weighted by molar-refractivity contribution is 7.12. The van der Waals surface area contributed by atoms with E-state index < -0.39 is 0 Å². The minimum absolute atomic E-state index is 0.250. The van der Waals surface area contributed by atoms with E-state index in [9.17, 15) is 5.11 Å². The van der Waals surface area contributed by atoms with Crippen LogP contribution in [0.5, 0.6) is 11.5 Å². The minimum Gasteiger partial charge on any atom is -0.504 e. The van der Waals surface area contributed by atoms with E-state index in [4.69, 9.17) is 4.74 Å². The minimum atomic E-state index is 0.250. The third-order valence-corrected chi connectivity index (χ3v) is 6.55. The van der Waals surface area contributed by atoms with Gasteiger partial charge in [-0.1, -0.05) is 26.8 Å². The number of nitrogens with zero attached hydrogens (tertiary/aromatic N) is 1. The van der Waals surface area contributed by atoms with Gasteiger partial charge in [0.2, 0.25) is 0 Å². The van der Waals surface area contributed by atoms with Crippen molar-refractivity contribution < 1.29 is 9.84 Å². The molecule has 2 aliphatic heterocycles. The Bertz CT molecular complexity index is 803. The monoisotopic (exact) mass is 357 g/mol. The predicted octanol–water partition coefficient (Wildman–Crippen LogP) is 4.71. The molecule has 1 aromatic carbocycles. The van der Waals surface area contributed by atoms with Crippen LogP contribution in [0.2, 0.25) is 0 Å². The lowest BCUT2D eigenvalue weighted by Crippen LogP contribution is -2.38. The summed E-state index contributed by atoms with van der Waals surface area (Å²) in [7, 11) is 1.65. The summed E-state index contributed by atoms with van der Waals surface area (Å²) < 4.78 is 5.48. The third kappa shape index (κ3) is 3.06. The molecular formula is C21H27NO2S. The lowest BCUT2D eigenvalue weighted by atomic mass is 9.86. The van der Waals surface area contributed by atoms with Crippen LogP contribution in [0.4, 0.5) is 0 Å². The summed E-state index contributed by atoms with van der Waals surface area (Å²) in [6.07, 6.45) is 3.29. The molecule has 2 aliphatic rings. The smallest absolute Gasteiger partial charge is 0.165 e. The highest BCUT2D eigenvalue weighted by atomic mass is 32.1. The van der Waals surface area contributed by atoms with E-state index in [2.05, 4.69) is 37.8 Å². The largest absolute Gasteiger partial charge is 0.504 e. The third-order valence-electron chi connectivity index (χ3n) is 5.34. The van der Waals surface area contributed by atoms with Crippen LogP contribution >= 0.6 is 11.3 Å². The first kappa shape index (κ1) is 16.9. The van der Waals surface area contributed by atoms with Gasteiger partial charge in [0.1, 0.15) is 0 Å². The molecule has 1 N–H and O–H groups in total. The van der Waals surface area contributed by atoms with Crippen molar-refractivity contribution in [2.45, 2.75) is 52.6 Å². The van der Waals surface area contributed by atoms with Crippen LogP contribution < -0.4 is 4.74 Å². The van der Waals surface area contributed by atoms with E-state index in [1.54, 1.807) is 18.1 Å². The zero-order valence-electron chi connectivity index (χ0n) is 15.6. The van der Waals surface area contributed by atoms with Crippen LogP contribution in [-0.2, 0) is 25.8 Å². The van der Waals surface area contributed by atoms with Gasteiger partial charge in [0.15, 0.2) is 11.5 Å². The van der Waals surface area contributed by atoms with Crippen molar-refractivity contribution in [3.63, 3.8) is 0 Å². The van der Waals surface area contributed by atoms with E-state index in [1.165, 1.54) is 16.0 Å². The Balaban J connectivity index is 1.68. The SMILES string of the molecule is COc1c(O)ccc2c1CN1CCc3sc(CC(C)(C)C)cc3C1C2. The Hall–Kier alpha value is -1.52. The highest BCUT2D eigenvalue weighted by Crippen LogP contribution is 2.45. The normalized spacial score (nSPS) is 19.9. The molecule has 1 aromatic heterocycles. The molecule has 25 heavy (non-hydrogen) atoms. The number of hydrogen-bond donors (Lipinski definition) is 1. The molecule has 0 spiro atoms. The number of rotatable bonds is 2. The molecule has 4 heteroatoms. The Morgan fingerprint density at radius 1 is 1.32 bits per heavy atom. The highest BCUT2D eigenvalue weighted by Gasteiger charge is 2.35. The lowest BCUT2D eigenvalue weighted by Gasteiger charge is -2.40. The molecule has 3 heterocycles. The van der Waals surface area contributed by atoms with Gasteiger partial charge in [0, 0.05) is 34.4 Å². The number of benzene rings is 1. The number of methoxy groups -OCH3 is 1. The fourth-order valence-electron chi connectivity index (χ4n) is 4.27. The topological polar surface area (TPSA) is 32.7 Å². The first-order valence-electron chi connectivity index (χ1n) is 9.09. The van der Waals surface area contributed by atoms with Gasteiger partial charge in [-0.25, -0.2) is 0 Å². The van der Waals surface area contributed by atoms with Gasteiger partial charge >= 0.3 is 0 Å². The molecule has 0 aliphatic carbocycles. The summed E-state index contributed by atoms with van der Waals surface area (Å²) in [5.41, 5.74) is 4.34.